The van der Waals surface area contributed by atoms with E-state index in [0.717, 1.165) is 42.6 Å². The highest BCUT2D eigenvalue weighted by molar-refractivity contribution is 6.04. The van der Waals surface area contributed by atoms with Gasteiger partial charge in [0.05, 0.1) is 5.56 Å². The van der Waals surface area contributed by atoms with Gasteiger partial charge in [-0.3, -0.25) is 18.8 Å². The Morgan fingerprint density at radius 2 is 1.61 bits per heavy atom. The fourth-order valence-corrected chi connectivity index (χ4v) is 4.31. The Balaban J connectivity index is 0.000000365. The van der Waals surface area contributed by atoms with Crippen molar-refractivity contribution in [3.05, 3.63) is 92.4 Å². The average Bonchev–Trinajstić information content (AvgIpc) is 3.31. The number of carbonyl (C=O) groups is 1. The van der Waals surface area contributed by atoms with Crippen LogP contribution in [0.2, 0.25) is 0 Å². The summed E-state index contributed by atoms with van der Waals surface area (Å²) in [5.41, 5.74) is 16.0. The molecule has 210 valence electrons. The van der Waals surface area contributed by atoms with Crippen LogP contribution in [0.25, 0.3) is 16.8 Å². The Kier molecular flexibility index (Phi) is 6.91. The molecule has 1 fully saturated rings. The zero-order chi connectivity index (χ0) is 29.5. The van der Waals surface area contributed by atoms with Crippen LogP contribution in [0, 0.1) is 0 Å². The quantitative estimate of drug-likeness (QED) is 0.238. The molecule has 5 aromatic rings. The Bertz CT molecular complexity index is 1810. The van der Waals surface area contributed by atoms with Crippen molar-refractivity contribution in [3.8, 4) is 11.3 Å². The number of amides is 1. The van der Waals surface area contributed by atoms with Crippen LogP contribution in [-0.2, 0) is 6.18 Å². The number of anilines is 4. The number of aromatic nitrogens is 4. The van der Waals surface area contributed by atoms with Gasteiger partial charge >= 0.3 is 6.18 Å². The third-order valence-electron chi connectivity index (χ3n) is 6.82. The van der Waals surface area contributed by atoms with Crippen LogP contribution < -0.4 is 33.4 Å². The lowest BCUT2D eigenvalue weighted by molar-refractivity contribution is -0.137. The molecular weight excluding hydrogens is 541 g/mol. The highest BCUT2D eigenvalue weighted by Crippen LogP contribution is 2.39. The van der Waals surface area contributed by atoms with E-state index >= 15 is 0 Å². The van der Waals surface area contributed by atoms with Crippen LogP contribution in [0.3, 0.4) is 0 Å². The second-order valence-corrected chi connectivity index (χ2v) is 9.42. The van der Waals surface area contributed by atoms with E-state index in [-0.39, 0.29) is 22.8 Å². The highest BCUT2D eigenvalue weighted by Gasteiger charge is 2.31. The maximum Gasteiger partial charge on any atom is 0.416 e. The third kappa shape index (κ3) is 5.18. The molecule has 6 rings (SSSR count). The lowest BCUT2D eigenvalue weighted by Crippen LogP contribution is -2.36. The molecule has 0 atom stereocenters. The minimum atomic E-state index is -4.52. The Morgan fingerprint density at radius 3 is 2.17 bits per heavy atom. The molecule has 0 radical (unpaired) electrons. The number of nitrogens with one attached hydrogen (secondary N) is 1. The van der Waals surface area contributed by atoms with Crippen molar-refractivity contribution >= 4 is 34.4 Å². The van der Waals surface area contributed by atoms with Crippen molar-refractivity contribution in [2.24, 2.45) is 0 Å². The van der Waals surface area contributed by atoms with E-state index in [0.29, 0.717) is 22.9 Å². The van der Waals surface area contributed by atoms with Gasteiger partial charge in [-0.1, -0.05) is 18.6 Å². The van der Waals surface area contributed by atoms with Gasteiger partial charge < -0.3 is 22.5 Å². The van der Waals surface area contributed by atoms with Gasteiger partial charge in [-0.05, 0) is 37.1 Å². The standard InChI is InChI=1S/C23H19F3N6O.C4H4N2O2/c24-23(25,26)16-8-9-28-17(12-16)30-22(33)15-6-4-13(5-7-15)18-19-20(27)29-10-11-32(19)21(31-18)14-2-1-3-14;5-1-2(6)4(8)3(1)7/h4-12,14H,1-3H2,(H2,27,29)(H,28,30,33);5-6H2. The Morgan fingerprint density at radius 1 is 0.951 bits per heavy atom. The SMILES string of the molecule is Nc1c(N)c(=O)c1=O.Nc1nccn2c(C3CCC3)nc(-c3ccc(C(=O)Nc4cc(C(F)(F)F)ccn4)cc3)c12. The molecule has 7 N–H and O–H groups in total. The van der Waals surface area contributed by atoms with Gasteiger partial charge in [-0.15, -0.1) is 0 Å². The average molecular weight is 565 g/mol. The number of rotatable bonds is 4. The van der Waals surface area contributed by atoms with E-state index in [1.165, 1.54) is 6.42 Å². The van der Waals surface area contributed by atoms with Gasteiger partial charge in [0.2, 0.25) is 0 Å². The first-order valence-corrected chi connectivity index (χ1v) is 12.4. The first-order valence-electron chi connectivity index (χ1n) is 12.4. The van der Waals surface area contributed by atoms with Gasteiger partial charge in [0, 0.05) is 35.6 Å². The summed E-state index contributed by atoms with van der Waals surface area (Å²) in [5.74, 6) is 0.932. The molecule has 11 nitrogen and oxygen atoms in total. The van der Waals surface area contributed by atoms with Crippen LogP contribution in [0.1, 0.15) is 46.9 Å². The van der Waals surface area contributed by atoms with Crippen molar-refractivity contribution < 1.29 is 18.0 Å². The largest absolute Gasteiger partial charge is 0.416 e. The van der Waals surface area contributed by atoms with Crippen LogP contribution in [0.5, 0.6) is 0 Å². The van der Waals surface area contributed by atoms with Crippen LogP contribution in [0.4, 0.5) is 36.2 Å². The van der Waals surface area contributed by atoms with Crippen LogP contribution >= 0.6 is 0 Å². The molecule has 2 aromatic carbocycles. The highest BCUT2D eigenvalue weighted by atomic mass is 19.4. The lowest BCUT2D eigenvalue weighted by Gasteiger charge is -2.23. The smallest absolute Gasteiger partial charge is 0.394 e. The second kappa shape index (κ2) is 10.4. The molecule has 0 unspecified atom stereocenters. The third-order valence-corrected chi connectivity index (χ3v) is 6.82. The van der Waals surface area contributed by atoms with Crippen molar-refractivity contribution in [1.29, 1.82) is 0 Å². The number of nitrogens with zero attached hydrogens (tertiary/aromatic N) is 4. The summed E-state index contributed by atoms with van der Waals surface area (Å²) in [6.07, 6.45) is 3.29. The fourth-order valence-electron chi connectivity index (χ4n) is 4.31. The molecule has 41 heavy (non-hydrogen) atoms. The molecule has 14 heteroatoms. The molecular formula is C27H23F3N8O3. The summed E-state index contributed by atoms with van der Waals surface area (Å²) in [4.78, 5) is 45.7. The number of fused-ring (bicyclic) bond motifs is 1. The van der Waals surface area contributed by atoms with Gasteiger partial charge in [0.15, 0.2) is 0 Å². The van der Waals surface area contributed by atoms with Gasteiger partial charge in [0.1, 0.15) is 40.0 Å². The monoisotopic (exact) mass is 564 g/mol. The maximum atomic E-state index is 12.9. The summed E-state index contributed by atoms with van der Waals surface area (Å²) in [7, 11) is 0. The Hall–Kier alpha value is -5.27. The molecule has 1 aliphatic carbocycles. The second-order valence-electron chi connectivity index (χ2n) is 9.42. The minimum absolute atomic E-state index is 0.102. The first-order chi connectivity index (χ1) is 19.5. The normalized spacial score (nSPS) is 13.4. The predicted molar refractivity (Wildman–Crippen MR) is 147 cm³/mol. The molecule has 0 bridgehead atoms. The summed E-state index contributed by atoms with van der Waals surface area (Å²) < 4.78 is 40.6. The Labute approximate surface area is 229 Å². The van der Waals surface area contributed by atoms with Crippen LogP contribution in [0.15, 0.2) is 64.6 Å². The molecule has 1 aliphatic rings. The zero-order valence-electron chi connectivity index (χ0n) is 21.3. The van der Waals surface area contributed by atoms with Crippen molar-refractivity contribution in [3.63, 3.8) is 0 Å². The zero-order valence-corrected chi connectivity index (χ0v) is 21.3. The minimum Gasteiger partial charge on any atom is -0.394 e. The van der Waals surface area contributed by atoms with E-state index in [2.05, 4.69) is 15.3 Å². The first kappa shape index (κ1) is 27.3. The number of halogens is 3. The summed E-state index contributed by atoms with van der Waals surface area (Å²) in [5, 5.41) is 2.40. The number of pyridine rings is 1. The molecule has 3 heterocycles. The lowest BCUT2D eigenvalue weighted by atomic mass is 9.85. The summed E-state index contributed by atoms with van der Waals surface area (Å²) >= 11 is 0. The molecule has 3 aromatic heterocycles. The number of imidazole rings is 1. The van der Waals surface area contributed by atoms with Gasteiger partial charge in [-0.2, -0.15) is 13.2 Å². The number of nitrogen functional groups attached to an aromatic ring is 3. The number of nitrogens with two attached hydrogens (primary N) is 3. The topological polar surface area (TPSA) is 184 Å². The summed E-state index contributed by atoms with van der Waals surface area (Å²) in [6, 6.07) is 8.26. The van der Waals surface area contributed by atoms with Crippen molar-refractivity contribution in [2.75, 3.05) is 22.5 Å². The van der Waals surface area contributed by atoms with E-state index in [9.17, 15) is 27.6 Å². The fraction of sp³-hybridized carbons (Fsp3) is 0.185. The number of hydrogen-bond acceptors (Lipinski definition) is 9. The van der Waals surface area contributed by atoms with E-state index in [1.807, 2.05) is 10.6 Å². The predicted octanol–water partition coefficient (Wildman–Crippen LogP) is 3.36. The number of benzene rings is 1. The van der Waals surface area contributed by atoms with Crippen molar-refractivity contribution in [1.82, 2.24) is 19.4 Å². The van der Waals surface area contributed by atoms with Gasteiger partial charge in [0.25, 0.3) is 16.8 Å². The van der Waals surface area contributed by atoms with E-state index in [4.69, 9.17) is 22.2 Å². The number of alkyl halides is 3. The molecule has 1 amide bonds. The van der Waals surface area contributed by atoms with Gasteiger partial charge in [-0.25, -0.2) is 15.0 Å². The van der Waals surface area contributed by atoms with E-state index in [1.54, 1.807) is 30.5 Å². The maximum absolute atomic E-state index is 12.9. The molecule has 0 spiro atoms. The number of carbonyl (C=O) groups excluding carboxylic acids is 1. The summed E-state index contributed by atoms with van der Waals surface area (Å²) in [6.45, 7) is 0. The van der Waals surface area contributed by atoms with Crippen molar-refractivity contribution in [2.45, 2.75) is 31.4 Å². The molecule has 0 saturated heterocycles. The molecule has 1 saturated carbocycles. The van der Waals surface area contributed by atoms with Crippen LogP contribution in [-0.4, -0.2) is 25.3 Å². The number of hydrogen-bond donors (Lipinski definition) is 4. The molecule has 0 aliphatic heterocycles. The van der Waals surface area contributed by atoms with E-state index < -0.39 is 28.5 Å².